The third kappa shape index (κ3) is 66.7. The summed E-state index contributed by atoms with van der Waals surface area (Å²) in [5.41, 5.74) is 0. The highest BCUT2D eigenvalue weighted by atomic mass is 31.2. The highest BCUT2D eigenvalue weighted by Crippen LogP contribution is 2.45. The smallest absolute Gasteiger partial charge is 0.462 e. The average molecular weight is 1350 g/mol. The number of ether oxygens (including phenoxy) is 4. The molecule has 0 aromatic heterocycles. The highest BCUT2D eigenvalue weighted by Gasteiger charge is 2.30. The molecule has 0 saturated heterocycles. The molecule has 0 aromatic carbocycles. The van der Waals surface area contributed by atoms with Crippen LogP contribution < -0.4 is 0 Å². The zero-order valence-corrected chi connectivity index (χ0v) is 61.6. The van der Waals surface area contributed by atoms with Crippen LogP contribution in [0, 0.1) is 11.8 Å². The van der Waals surface area contributed by atoms with Gasteiger partial charge in [0, 0.05) is 25.7 Å². The molecule has 5 atom stereocenters. The van der Waals surface area contributed by atoms with E-state index in [1.54, 1.807) is 0 Å². The van der Waals surface area contributed by atoms with Gasteiger partial charge in [0.2, 0.25) is 0 Å². The number of carbonyl (C=O) groups excluding carboxylic acids is 4. The van der Waals surface area contributed by atoms with Crippen LogP contribution in [0.4, 0.5) is 0 Å². The van der Waals surface area contributed by atoms with E-state index in [1.165, 1.54) is 186 Å². The molecular weight excluding hydrogens is 1210 g/mol. The lowest BCUT2D eigenvalue weighted by Gasteiger charge is -2.21. The van der Waals surface area contributed by atoms with Crippen molar-refractivity contribution in [2.75, 3.05) is 39.6 Å². The second kappa shape index (κ2) is 65.0. The molecule has 0 rings (SSSR count). The summed E-state index contributed by atoms with van der Waals surface area (Å²) in [7, 11) is -9.89. The normalized spacial score (nSPS) is 14.1. The minimum atomic E-state index is -4.95. The van der Waals surface area contributed by atoms with Crippen LogP contribution in [-0.2, 0) is 65.4 Å². The van der Waals surface area contributed by atoms with Gasteiger partial charge >= 0.3 is 39.5 Å². The Kier molecular flexibility index (Phi) is 63.7. The number of aliphatic hydroxyl groups excluding tert-OH is 1. The van der Waals surface area contributed by atoms with Crippen molar-refractivity contribution in [1.29, 1.82) is 0 Å². The lowest BCUT2D eigenvalue weighted by molar-refractivity contribution is -0.161. The molecule has 0 aliphatic heterocycles. The van der Waals surface area contributed by atoms with E-state index in [1.807, 2.05) is 0 Å². The zero-order valence-electron chi connectivity index (χ0n) is 59.9. The van der Waals surface area contributed by atoms with E-state index in [2.05, 4.69) is 41.5 Å². The van der Waals surface area contributed by atoms with Gasteiger partial charge in [0.05, 0.1) is 26.4 Å². The first kappa shape index (κ1) is 90.1. The first-order chi connectivity index (χ1) is 44.4. The van der Waals surface area contributed by atoms with Crippen molar-refractivity contribution in [2.24, 2.45) is 11.8 Å². The third-order valence-corrected chi connectivity index (χ3v) is 18.9. The molecule has 0 radical (unpaired) electrons. The number of aliphatic hydroxyl groups is 1. The molecule has 0 aliphatic carbocycles. The van der Waals surface area contributed by atoms with Gasteiger partial charge < -0.3 is 33.8 Å². The first-order valence-electron chi connectivity index (χ1n) is 38.0. The molecule has 0 aromatic rings. The Morgan fingerprint density at radius 2 is 0.500 bits per heavy atom. The number of unbranched alkanes of at least 4 members (excludes halogenated alkanes) is 42. The van der Waals surface area contributed by atoms with Gasteiger partial charge in [-0.3, -0.25) is 37.3 Å². The number of phosphoric ester groups is 2. The lowest BCUT2D eigenvalue weighted by atomic mass is 10.0. The van der Waals surface area contributed by atoms with Crippen molar-refractivity contribution in [1.82, 2.24) is 0 Å². The molecule has 0 heterocycles. The van der Waals surface area contributed by atoms with Gasteiger partial charge in [-0.15, -0.1) is 0 Å². The Bertz CT molecular complexity index is 1790. The SMILES string of the molecule is CCCCCCCCCCCCCCC(=O)O[C@H](COC(=O)CCCCCCC)COP(=O)(O)OC[C@H](O)COP(=O)(O)OC[C@@H](COC(=O)CCCCCCCCCCCCCCCCC(C)C)OC(=O)CCCCCCCCCCCCCCCCCC(C)C. The molecule has 0 fully saturated rings. The number of rotatable bonds is 72. The predicted octanol–water partition coefficient (Wildman–Crippen LogP) is 21.2. The second-order valence-electron chi connectivity index (χ2n) is 27.3. The summed E-state index contributed by atoms with van der Waals surface area (Å²) in [4.78, 5) is 72.4. The molecule has 546 valence electrons. The molecule has 0 amide bonds. The minimum absolute atomic E-state index is 0.106. The van der Waals surface area contributed by atoms with E-state index >= 15 is 0 Å². The van der Waals surface area contributed by atoms with Gasteiger partial charge in [0.15, 0.2) is 12.2 Å². The van der Waals surface area contributed by atoms with Crippen molar-refractivity contribution >= 4 is 39.5 Å². The maximum Gasteiger partial charge on any atom is 0.472 e. The summed E-state index contributed by atoms with van der Waals surface area (Å²) < 4.78 is 68.2. The number of carbonyl (C=O) groups is 4. The van der Waals surface area contributed by atoms with Crippen molar-refractivity contribution in [3.05, 3.63) is 0 Å². The molecular formula is C73H142O17P2. The van der Waals surface area contributed by atoms with Crippen LogP contribution in [0.3, 0.4) is 0 Å². The van der Waals surface area contributed by atoms with Crippen LogP contribution in [0.2, 0.25) is 0 Å². The van der Waals surface area contributed by atoms with E-state index in [-0.39, 0.29) is 25.7 Å². The predicted molar refractivity (Wildman–Crippen MR) is 372 cm³/mol. The highest BCUT2D eigenvalue weighted by molar-refractivity contribution is 7.47. The van der Waals surface area contributed by atoms with Gasteiger partial charge in [-0.2, -0.15) is 0 Å². The lowest BCUT2D eigenvalue weighted by Crippen LogP contribution is -2.30. The van der Waals surface area contributed by atoms with Crippen LogP contribution in [-0.4, -0.2) is 96.7 Å². The maximum atomic E-state index is 13.1. The Morgan fingerprint density at radius 1 is 0.293 bits per heavy atom. The summed E-state index contributed by atoms with van der Waals surface area (Å²) in [5.74, 6) is -0.528. The fourth-order valence-electron chi connectivity index (χ4n) is 11.1. The van der Waals surface area contributed by atoms with Gasteiger partial charge in [-0.05, 0) is 37.5 Å². The van der Waals surface area contributed by atoms with Crippen molar-refractivity contribution in [2.45, 2.75) is 394 Å². The van der Waals surface area contributed by atoms with Gasteiger partial charge in [-0.25, -0.2) is 9.13 Å². The van der Waals surface area contributed by atoms with Crippen molar-refractivity contribution in [3.8, 4) is 0 Å². The first-order valence-corrected chi connectivity index (χ1v) is 41.0. The van der Waals surface area contributed by atoms with Crippen LogP contribution in [0.15, 0.2) is 0 Å². The monoisotopic (exact) mass is 1350 g/mol. The Morgan fingerprint density at radius 3 is 0.739 bits per heavy atom. The second-order valence-corrected chi connectivity index (χ2v) is 30.2. The number of hydrogen-bond acceptors (Lipinski definition) is 15. The average Bonchev–Trinajstić information content (AvgIpc) is 2.09. The quantitative estimate of drug-likeness (QED) is 0.0222. The molecule has 0 bridgehead atoms. The topological polar surface area (TPSA) is 237 Å². The standard InChI is InChI=1S/C73H142O17P2/c1-7-9-11-13-14-15-16-28-34-39-45-51-57-72(77)89-68(61-83-70(75)55-49-41-12-10-8-2)63-87-91(79,80)85-59-67(74)60-86-92(81,82)88-64-69(62-84-71(76)56-50-44-38-33-29-24-21-20-23-27-32-37-43-48-54-66(5)6)90-73(78)58-52-46-40-35-30-25-19-17-18-22-26-31-36-42-47-53-65(3)4/h65-69,74H,7-64H2,1-6H3,(H,79,80)(H,81,82)/t67-,68+,69+/m0/s1. The van der Waals surface area contributed by atoms with Crippen molar-refractivity contribution < 1.29 is 80.2 Å². The van der Waals surface area contributed by atoms with Crippen LogP contribution >= 0.6 is 15.6 Å². The third-order valence-electron chi connectivity index (χ3n) is 17.0. The maximum absolute atomic E-state index is 13.1. The Labute approximate surface area is 562 Å². The molecule has 17 nitrogen and oxygen atoms in total. The summed E-state index contributed by atoms with van der Waals surface area (Å²) in [5, 5.41) is 10.6. The van der Waals surface area contributed by atoms with Crippen molar-refractivity contribution in [3.63, 3.8) is 0 Å². The Balaban J connectivity index is 5.15. The fraction of sp³-hybridized carbons (Fsp3) is 0.945. The van der Waals surface area contributed by atoms with Crippen LogP contribution in [0.1, 0.15) is 375 Å². The van der Waals surface area contributed by atoms with E-state index < -0.39 is 97.5 Å². The van der Waals surface area contributed by atoms with E-state index in [0.717, 1.165) is 108 Å². The van der Waals surface area contributed by atoms with Gasteiger partial charge in [0.1, 0.15) is 19.3 Å². The van der Waals surface area contributed by atoms with Crippen LogP contribution in [0.25, 0.3) is 0 Å². The molecule has 0 aliphatic rings. The molecule has 0 saturated carbocycles. The van der Waals surface area contributed by atoms with Gasteiger partial charge in [0.25, 0.3) is 0 Å². The molecule has 19 heteroatoms. The molecule has 92 heavy (non-hydrogen) atoms. The number of esters is 4. The summed E-state index contributed by atoms with van der Waals surface area (Å²) in [6, 6.07) is 0. The largest absolute Gasteiger partial charge is 0.472 e. The van der Waals surface area contributed by atoms with Gasteiger partial charge in [-0.1, -0.05) is 324 Å². The molecule has 3 N–H and O–H groups in total. The van der Waals surface area contributed by atoms with E-state index in [0.29, 0.717) is 25.7 Å². The van der Waals surface area contributed by atoms with E-state index in [4.69, 9.17) is 37.0 Å². The fourth-order valence-corrected chi connectivity index (χ4v) is 12.7. The molecule has 0 spiro atoms. The summed E-state index contributed by atoms with van der Waals surface area (Å²) in [6.45, 7) is 9.54. The number of phosphoric acid groups is 2. The van der Waals surface area contributed by atoms with Crippen LogP contribution in [0.5, 0.6) is 0 Å². The number of hydrogen-bond donors (Lipinski definition) is 3. The minimum Gasteiger partial charge on any atom is -0.462 e. The molecule has 2 unspecified atom stereocenters. The Hall–Kier alpha value is -1.94. The summed E-state index contributed by atoms with van der Waals surface area (Å²) in [6.07, 6.45) is 51.7. The van der Waals surface area contributed by atoms with E-state index in [9.17, 15) is 43.2 Å². The zero-order chi connectivity index (χ0) is 67.9. The summed E-state index contributed by atoms with van der Waals surface area (Å²) >= 11 is 0.